The summed E-state index contributed by atoms with van der Waals surface area (Å²) >= 11 is 0. The molecule has 1 aliphatic heterocycles. The molecule has 3 rings (SSSR count). The van der Waals surface area contributed by atoms with Crippen LogP contribution in [-0.2, 0) is 30.4 Å². The molecule has 9 heteroatoms. The Kier molecular flexibility index (Phi) is 11.1. The van der Waals surface area contributed by atoms with Gasteiger partial charge in [-0.3, -0.25) is 19.3 Å². The van der Waals surface area contributed by atoms with Crippen molar-refractivity contribution in [1.29, 1.82) is 0 Å². The van der Waals surface area contributed by atoms with Crippen LogP contribution in [0.15, 0.2) is 30.3 Å². The van der Waals surface area contributed by atoms with Crippen molar-refractivity contribution in [3.63, 3.8) is 0 Å². The lowest BCUT2D eigenvalue weighted by molar-refractivity contribution is -0.233. The van der Waals surface area contributed by atoms with E-state index in [0.717, 1.165) is 50.5 Å². The van der Waals surface area contributed by atoms with E-state index in [-0.39, 0.29) is 30.4 Å². The van der Waals surface area contributed by atoms with Gasteiger partial charge in [-0.05, 0) is 38.2 Å². The molecule has 0 N–H and O–H groups in total. The maximum Gasteiger partial charge on any atom is 0.342 e. The Morgan fingerprint density at radius 3 is 2.32 bits per heavy atom. The van der Waals surface area contributed by atoms with E-state index < -0.39 is 11.8 Å². The predicted molar refractivity (Wildman–Crippen MR) is 142 cm³/mol. The highest BCUT2D eigenvalue weighted by atomic mass is 16.6. The van der Waals surface area contributed by atoms with Crippen LogP contribution in [0.2, 0.25) is 0 Å². The molecule has 0 spiro atoms. The van der Waals surface area contributed by atoms with Crippen LogP contribution in [0.1, 0.15) is 97.0 Å². The van der Waals surface area contributed by atoms with Crippen molar-refractivity contribution in [3.05, 3.63) is 35.9 Å². The van der Waals surface area contributed by atoms with Crippen LogP contribution in [0, 0.1) is 0 Å². The van der Waals surface area contributed by atoms with Crippen molar-refractivity contribution in [3.8, 4) is 0 Å². The van der Waals surface area contributed by atoms with Gasteiger partial charge in [0.1, 0.15) is 6.04 Å². The van der Waals surface area contributed by atoms with Crippen molar-refractivity contribution in [2.75, 3.05) is 13.2 Å². The Bertz CT molecular complexity index is 947. The van der Waals surface area contributed by atoms with Crippen LogP contribution in [0.4, 0.5) is 4.79 Å². The first kappa shape index (κ1) is 29.6. The number of rotatable bonds is 14. The molecule has 0 radical (unpaired) electrons. The lowest BCUT2D eigenvalue weighted by atomic mass is 9.90. The van der Waals surface area contributed by atoms with Crippen LogP contribution in [0.5, 0.6) is 0 Å². The molecule has 9 nitrogen and oxygen atoms in total. The van der Waals surface area contributed by atoms with Crippen LogP contribution in [0.25, 0.3) is 0 Å². The number of ether oxygens (including phenoxy) is 2. The predicted octanol–water partition coefficient (Wildman–Crippen LogP) is 5.18. The second kappa shape index (κ2) is 14.3. The smallest absolute Gasteiger partial charge is 0.342 e. The van der Waals surface area contributed by atoms with E-state index in [0.29, 0.717) is 38.8 Å². The summed E-state index contributed by atoms with van der Waals surface area (Å²) in [5.41, 5.74) is -0.0562. The van der Waals surface area contributed by atoms with Gasteiger partial charge in [-0.25, -0.2) is 9.80 Å². The number of hydrazine groups is 1. The van der Waals surface area contributed by atoms with Crippen LogP contribution < -0.4 is 0 Å². The van der Waals surface area contributed by atoms with Crippen molar-refractivity contribution < 1.29 is 28.7 Å². The van der Waals surface area contributed by atoms with Gasteiger partial charge in [-0.2, -0.15) is 5.01 Å². The topological polar surface area (TPSA) is 96.5 Å². The van der Waals surface area contributed by atoms with Crippen molar-refractivity contribution in [2.45, 2.75) is 110 Å². The molecule has 1 saturated carbocycles. The Morgan fingerprint density at radius 2 is 1.68 bits per heavy atom. The van der Waals surface area contributed by atoms with E-state index in [1.54, 1.807) is 11.9 Å². The van der Waals surface area contributed by atoms with Crippen molar-refractivity contribution >= 4 is 23.9 Å². The zero-order valence-corrected chi connectivity index (χ0v) is 23.2. The quantitative estimate of drug-likeness (QED) is 0.142. The SMILES string of the molecule is CCOC(=O)CCCCCCC1C(=O)N(Cc2ccccc2)C(=O)N1N(CC)C1(OC(C)=O)CCCCC1. The van der Waals surface area contributed by atoms with Crippen LogP contribution in [0.3, 0.4) is 0 Å². The number of imide groups is 1. The van der Waals surface area contributed by atoms with E-state index >= 15 is 0 Å². The number of urea groups is 1. The zero-order valence-electron chi connectivity index (χ0n) is 23.2. The summed E-state index contributed by atoms with van der Waals surface area (Å²) in [7, 11) is 0. The molecule has 0 aromatic heterocycles. The highest BCUT2D eigenvalue weighted by Crippen LogP contribution is 2.39. The lowest BCUT2D eigenvalue weighted by Gasteiger charge is -2.48. The molecule has 1 aromatic carbocycles. The third-order valence-corrected chi connectivity index (χ3v) is 7.37. The van der Waals surface area contributed by atoms with E-state index in [1.807, 2.05) is 42.3 Å². The van der Waals surface area contributed by atoms with Gasteiger partial charge in [-0.1, -0.05) is 62.9 Å². The third kappa shape index (κ3) is 7.34. The Hall–Kier alpha value is -2.94. The van der Waals surface area contributed by atoms with Gasteiger partial charge in [-0.15, -0.1) is 0 Å². The molecular formula is C29H43N3O6. The Labute approximate surface area is 226 Å². The molecule has 1 saturated heterocycles. The molecule has 210 valence electrons. The molecule has 1 aliphatic carbocycles. The highest BCUT2D eigenvalue weighted by Gasteiger charge is 2.53. The molecule has 2 fully saturated rings. The fraction of sp³-hybridized carbons (Fsp3) is 0.655. The fourth-order valence-corrected chi connectivity index (χ4v) is 5.68. The number of nitrogens with zero attached hydrogens (tertiary/aromatic N) is 3. The van der Waals surface area contributed by atoms with Gasteiger partial charge in [0.15, 0.2) is 5.72 Å². The number of carbonyl (C=O) groups is 4. The van der Waals surface area contributed by atoms with Gasteiger partial charge in [0.05, 0.1) is 13.2 Å². The van der Waals surface area contributed by atoms with Crippen molar-refractivity contribution in [1.82, 2.24) is 14.9 Å². The van der Waals surface area contributed by atoms with E-state index in [9.17, 15) is 19.2 Å². The zero-order chi connectivity index (χ0) is 27.5. The normalized spacial score (nSPS) is 19.2. The van der Waals surface area contributed by atoms with Crippen LogP contribution in [-0.4, -0.2) is 63.7 Å². The molecule has 0 bridgehead atoms. The molecule has 2 aliphatic rings. The van der Waals surface area contributed by atoms with Crippen LogP contribution >= 0.6 is 0 Å². The first-order chi connectivity index (χ1) is 18.3. The van der Waals surface area contributed by atoms with Crippen molar-refractivity contribution in [2.24, 2.45) is 0 Å². The van der Waals surface area contributed by atoms with E-state index in [4.69, 9.17) is 9.47 Å². The minimum Gasteiger partial charge on any atom is -0.466 e. The number of esters is 2. The average Bonchev–Trinajstić information content (AvgIpc) is 3.11. The molecule has 1 aromatic rings. The van der Waals surface area contributed by atoms with E-state index in [1.165, 1.54) is 11.8 Å². The fourth-order valence-electron chi connectivity index (χ4n) is 5.68. The maximum absolute atomic E-state index is 13.9. The number of carbonyl (C=O) groups excluding carboxylic acids is 4. The highest BCUT2D eigenvalue weighted by molar-refractivity contribution is 6.03. The van der Waals surface area contributed by atoms with Gasteiger partial charge in [0.25, 0.3) is 5.91 Å². The average molecular weight is 530 g/mol. The third-order valence-electron chi connectivity index (χ3n) is 7.37. The van der Waals surface area contributed by atoms with Gasteiger partial charge >= 0.3 is 18.0 Å². The first-order valence-corrected chi connectivity index (χ1v) is 14.1. The monoisotopic (exact) mass is 529 g/mol. The summed E-state index contributed by atoms with van der Waals surface area (Å²) < 4.78 is 10.9. The Balaban J connectivity index is 1.79. The van der Waals surface area contributed by atoms with Gasteiger partial charge in [0.2, 0.25) is 0 Å². The number of benzene rings is 1. The van der Waals surface area contributed by atoms with Gasteiger partial charge < -0.3 is 9.47 Å². The second-order valence-electron chi connectivity index (χ2n) is 10.1. The Morgan fingerprint density at radius 1 is 1.00 bits per heavy atom. The number of unbranched alkanes of at least 4 members (excludes halogenated alkanes) is 3. The summed E-state index contributed by atoms with van der Waals surface area (Å²) in [4.78, 5) is 52.7. The summed E-state index contributed by atoms with van der Waals surface area (Å²) in [5, 5.41) is 3.43. The molecule has 3 amide bonds. The molecule has 1 heterocycles. The largest absolute Gasteiger partial charge is 0.466 e. The molecule has 38 heavy (non-hydrogen) atoms. The standard InChI is InChI=1S/C29H43N3O6/c1-4-31(29(38-23(3)33)20-14-9-15-21-29)32-25(18-12-6-7-13-19-26(34)37-5-2)27(35)30(28(32)36)22-24-16-10-8-11-17-24/h8,10-11,16-17,25H,4-7,9,12-15,18-22H2,1-3H3. The first-order valence-electron chi connectivity index (χ1n) is 14.1. The summed E-state index contributed by atoms with van der Waals surface area (Å²) in [6.07, 6.45) is 8.11. The number of hydrogen-bond acceptors (Lipinski definition) is 7. The van der Waals surface area contributed by atoms with E-state index in [2.05, 4.69) is 0 Å². The molecular weight excluding hydrogens is 486 g/mol. The summed E-state index contributed by atoms with van der Waals surface area (Å²) in [6.45, 7) is 6.14. The minimum absolute atomic E-state index is 0.186. The minimum atomic E-state index is -0.935. The second-order valence-corrected chi connectivity index (χ2v) is 10.1. The molecule has 1 unspecified atom stereocenters. The van der Waals surface area contributed by atoms with Gasteiger partial charge in [0, 0.05) is 32.7 Å². The lowest BCUT2D eigenvalue weighted by Crippen LogP contribution is -2.62. The summed E-state index contributed by atoms with van der Waals surface area (Å²) in [6, 6.07) is 8.46. The summed E-state index contributed by atoms with van der Waals surface area (Å²) in [5.74, 6) is -0.797. The number of amides is 3. The number of hydrogen-bond donors (Lipinski definition) is 0. The molecule has 1 atom stereocenters. The maximum atomic E-state index is 13.9.